The van der Waals surface area contributed by atoms with E-state index in [1.165, 1.54) is 17.3 Å². The zero-order valence-electron chi connectivity index (χ0n) is 17.5. The summed E-state index contributed by atoms with van der Waals surface area (Å²) in [6.45, 7) is 6.02. The van der Waals surface area contributed by atoms with Crippen LogP contribution in [0.25, 0.3) is 16.6 Å². The lowest BCUT2D eigenvalue weighted by atomic mass is 9.98. The van der Waals surface area contributed by atoms with Gasteiger partial charge in [0.15, 0.2) is 5.16 Å². The average molecular weight is 422 g/mol. The maximum atomic E-state index is 13.3. The smallest absolute Gasteiger partial charge is 0.266 e. The van der Waals surface area contributed by atoms with Crippen LogP contribution in [0.3, 0.4) is 0 Å². The monoisotopic (exact) mass is 421 g/mol. The Labute approximate surface area is 181 Å². The number of para-hydroxylation sites is 1. The Bertz CT molecular complexity index is 1100. The summed E-state index contributed by atoms with van der Waals surface area (Å²) >= 11 is 1.34. The highest BCUT2D eigenvalue weighted by Crippen LogP contribution is 2.24. The van der Waals surface area contributed by atoms with Gasteiger partial charge in [0.1, 0.15) is 0 Å². The second-order valence-electron chi connectivity index (χ2n) is 7.83. The lowest BCUT2D eigenvalue weighted by molar-refractivity contribution is -0.127. The quantitative estimate of drug-likeness (QED) is 0.431. The maximum absolute atomic E-state index is 13.3. The SMILES string of the molecule is CCC(C)c1ccc(-n2c(SCC(=O)N3CCCC3)nc3ccccc3c2=O)cc1. The van der Waals surface area contributed by atoms with E-state index in [2.05, 4.69) is 26.0 Å². The molecule has 6 heteroatoms. The van der Waals surface area contributed by atoms with Crippen molar-refractivity contribution in [3.8, 4) is 5.69 Å². The van der Waals surface area contributed by atoms with Gasteiger partial charge in [0.2, 0.25) is 5.91 Å². The Morgan fingerprint density at radius 1 is 1.10 bits per heavy atom. The number of carbonyl (C=O) groups excluding carboxylic acids is 1. The molecule has 1 atom stereocenters. The fourth-order valence-electron chi connectivity index (χ4n) is 3.81. The molecule has 1 amide bonds. The lowest BCUT2D eigenvalue weighted by Crippen LogP contribution is -2.29. The molecule has 1 saturated heterocycles. The minimum Gasteiger partial charge on any atom is -0.342 e. The van der Waals surface area contributed by atoms with Gasteiger partial charge in [-0.15, -0.1) is 0 Å². The highest BCUT2D eigenvalue weighted by Gasteiger charge is 2.20. The van der Waals surface area contributed by atoms with Crippen LogP contribution < -0.4 is 5.56 Å². The van der Waals surface area contributed by atoms with E-state index in [-0.39, 0.29) is 17.2 Å². The summed E-state index contributed by atoms with van der Waals surface area (Å²) in [5, 5.41) is 1.14. The first kappa shape index (κ1) is 20.7. The van der Waals surface area contributed by atoms with Crippen LogP contribution in [0, 0.1) is 0 Å². The van der Waals surface area contributed by atoms with Crippen molar-refractivity contribution in [1.82, 2.24) is 14.5 Å². The number of nitrogens with zero attached hydrogens (tertiary/aromatic N) is 3. The number of likely N-dealkylation sites (tertiary alicyclic amines) is 1. The number of benzene rings is 2. The normalized spacial score (nSPS) is 14.9. The number of carbonyl (C=O) groups is 1. The third-order valence-electron chi connectivity index (χ3n) is 5.86. The molecule has 0 N–H and O–H groups in total. The molecule has 30 heavy (non-hydrogen) atoms. The van der Waals surface area contributed by atoms with Gasteiger partial charge in [0.25, 0.3) is 5.56 Å². The van der Waals surface area contributed by atoms with Crippen LogP contribution in [0.15, 0.2) is 58.5 Å². The molecule has 1 unspecified atom stereocenters. The molecule has 4 rings (SSSR count). The molecule has 2 heterocycles. The van der Waals surface area contributed by atoms with E-state index in [1.807, 2.05) is 35.2 Å². The molecule has 156 valence electrons. The van der Waals surface area contributed by atoms with E-state index >= 15 is 0 Å². The van der Waals surface area contributed by atoms with Crippen LogP contribution in [-0.2, 0) is 4.79 Å². The molecule has 2 aromatic carbocycles. The predicted molar refractivity (Wildman–Crippen MR) is 123 cm³/mol. The van der Waals surface area contributed by atoms with Crippen molar-refractivity contribution in [1.29, 1.82) is 0 Å². The number of amides is 1. The van der Waals surface area contributed by atoms with Crippen LogP contribution in [-0.4, -0.2) is 39.2 Å². The van der Waals surface area contributed by atoms with Gasteiger partial charge in [-0.1, -0.05) is 49.9 Å². The summed E-state index contributed by atoms with van der Waals surface area (Å²) in [5.41, 5.74) is 2.59. The van der Waals surface area contributed by atoms with E-state index in [1.54, 1.807) is 10.6 Å². The first-order valence-electron chi connectivity index (χ1n) is 10.6. The molecule has 0 bridgehead atoms. The second kappa shape index (κ2) is 9.04. The van der Waals surface area contributed by atoms with Crippen LogP contribution in [0.5, 0.6) is 0 Å². The summed E-state index contributed by atoms with van der Waals surface area (Å²) in [6.07, 6.45) is 3.20. The Morgan fingerprint density at radius 3 is 2.50 bits per heavy atom. The molecule has 1 aliphatic rings. The summed E-state index contributed by atoms with van der Waals surface area (Å²) < 4.78 is 1.64. The van der Waals surface area contributed by atoms with Crippen LogP contribution in [0.1, 0.15) is 44.6 Å². The highest BCUT2D eigenvalue weighted by molar-refractivity contribution is 7.99. The zero-order chi connectivity index (χ0) is 21.1. The van der Waals surface area contributed by atoms with E-state index in [0.29, 0.717) is 22.0 Å². The molecule has 1 fully saturated rings. The number of thioether (sulfide) groups is 1. The molecule has 1 aromatic heterocycles. The van der Waals surface area contributed by atoms with Gasteiger partial charge in [0.05, 0.1) is 22.3 Å². The summed E-state index contributed by atoms with van der Waals surface area (Å²) in [7, 11) is 0. The predicted octanol–water partition coefficient (Wildman–Crippen LogP) is 4.61. The molecule has 1 aliphatic heterocycles. The number of fused-ring (bicyclic) bond motifs is 1. The lowest BCUT2D eigenvalue weighted by Gasteiger charge is -2.17. The fraction of sp³-hybridized carbons (Fsp3) is 0.375. The molecule has 3 aromatic rings. The Kier molecular flexibility index (Phi) is 6.23. The minimum absolute atomic E-state index is 0.104. The summed E-state index contributed by atoms with van der Waals surface area (Å²) in [5.74, 6) is 0.867. The van der Waals surface area contributed by atoms with E-state index in [9.17, 15) is 9.59 Å². The van der Waals surface area contributed by atoms with Crippen molar-refractivity contribution in [3.05, 3.63) is 64.4 Å². The summed E-state index contributed by atoms with van der Waals surface area (Å²) in [4.78, 5) is 32.5. The summed E-state index contributed by atoms with van der Waals surface area (Å²) in [6, 6.07) is 15.5. The van der Waals surface area contributed by atoms with Crippen LogP contribution in [0.2, 0.25) is 0 Å². The minimum atomic E-state index is -0.104. The van der Waals surface area contributed by atoms with Gasteiger partial charge in [-0.25, -0.2) is 4.98 Å². The molecule has 0 radical (unpaired) electrons. The number of rotatable bonds is 6. The Morgan fingerprint density at radius 2 is 1.80 bits per heavy atom. The largest absolute Gasteiger partial charge is 0.342 e. The maximum Gasteiger partial charge on any atom is 0.266 e. The average Bonchev–Trinajstić information content (AvgIpc) is 3.32. The Balaban J connectivity index is 1.72. The van der Waals surface area contributed by atoms with Crippen molar-refractivity contribution in [2.75, 3.05) is 18.8 Å². The first-order chi connectivity index (χ1) is 14.6. The van der Waals surface area contributed by atoms with Gasteiger partial charge in [0, 0.05) is 13.1 Å². The van der Waals surface area contributed by atoms with Crippen LogP contribution >= 0.6 is 11.8 Å². The van der Waals surface area contributed by atoms with Crippen LogP contribution in [0.4, 0.5) is 0 Å². The molecular weight excluding hydrogens is 394 g/mol. The van der Waals surface area contributed by atoms with Gasteiger partial charge in [-0.05, 0) is 55.0 Å². The molecule has 0 aliphatic carbocycles. The Hall–Kier alpha value is -2.60. The van der Waals surface area contributed by atoms with Crippen molar-refractivity contribution < 1.29 is 4.79 Å². The zero-order valence-corrected chi connectivity index (χ0v) is 18.3. The third-order valence-corrected chi connectivity index (χ3v) is 6.78. The van der Waals surface area contributed by atoms with Gasteiger partial charge < -0.3 is 4.90 Å². The highest BCUT2D eigenvalue weighted by atomic mass is 32.2. The standard InChI is InChI=1S/C24H27N3O2S/c1-3-17(2)18-10-12-19(13-11-18)27-23(29)20-8-4-5-9-21(20)25-24(27)30-16-22(28)26-14-6-7-15-26/h4-5,8-13,17H,3,6-7,14-16H2,1-2H3. The van der Waals surface area contributed by atoms with E-state index in [4.69, 9.17) is 4.98 Å². The molecule has 0 saturated carbocycles. The fourth-order valence-corrected chi connectivity index (χ4v) is 4.72. The van der Waals surface area contributed by atoms with Crippen molar-refractivity contribution >= 4 is 28.6 Å². The van der Waals surface area contributed by atoms with E-state index in [0.717, 1.165) is 38.0 Å². The van der Waals surface area contributed by atoms with E-state index < -0.39 is 0 Å². The van der Waals surface area contributed by atoms with Crippen molar-refractivity contribution in [3.63, 3.8) is 0 Å². The second-order valence-corrected chi connectivity index (χ2v) is 8.77. The van der Waals surface area contributed by atoms with Gasteiger partial charge >= 0.3 is 0 Å². The van der Waals surface area contributed by atoms with Crippen molar-refractivity contribution in [2.24, 2.45) is 0 Å². The van der Waals surface area contributed by atoms with Gasteiger partial charge in [-0.2, -0.15) is 0 Å². The number of aromatic nitrogens is 2. The van der Waals surface area contributed by atoms with Crippen molar-refractivity contribution in [2.45, 2.75) is 44.2 Å². The first-order valence-corrected chi connectivity index (χ1v) is 11.6. The molecule has 0 spiro atoms. The topological polar surface area (TPSA) is 55.2 Å². The third kappa shape index (κ3) is 4.15. The number of hydrogen-bond donors (Lipinski definition) is 0. The molecular formula is C24H27N3O2S. The van der Waals surface area contributed by atoms with Gasteiger partial charge in [-0.3, -0.25) is 14.2 Å². The molecule has 5 nitrogen and oxygen atoms in total. The number of hydrogen-bond acceptors (Lipinski definition) is 4.